The second-order valence-electron chi connectivity index (χ2n) is 8.34. The second-order valence-corrected chi connectivity index (χ2v) is 9.54. The molecule has 166 valence electrons. The van der Waals surface area contributed by atoms with Crippen LogP contribution in [0.3, 0.4) is 0 Å². The van der Waals surface area contributed by atoms with E-state index in [0.717, 1.165) is 28.1 Å². The van der Waals surface area contributed by atoms with Gasteiger partial charge in [0.1, 0.15) is 10.4 Å². The first kappa shape index (κ1) is 21.5. The van der Waals surface area contributed by atoms with Gasteiger partial charge in [0.15, 0.2) is 0 Å². The number of aromatic nitrogens is 2. The van der Waals surface area contributed by atoms with Gasteiger partial charge in [-0.3, -0.25) is 23.9 Å². The van der Waals surface area contributed by atoms with Gasteiger partial charge in [-0.25, -0.2) is 9.78 Å². The number of rotatable bonds is 7. The Labute approximate surface area is 183 Å². The number of carbonyl (C=O) groups excluding carboxylic acids is 3. The van der Waals surface area contributed by atoms with Crippen LogP contribution in [-0.4, -0.2) is 50.9 Å². The zero-order chi connectivity index (χ0) is 22.2. The summed E-state index contributed by atoms with van der Waals surface area (Å²) in [6.07, 6.45) is 5.44. The van der Waals surface area contributed by atoms with Gasteiger partial charge >= 0.3 is 6.03 Å². The van der Waals surface area contributed by atoms with Crippen LogP contribution in [-0.2, 0) is 16.1 Å². The highest BCUT2D eigenvalue weighted by Gasteiger charge is 2.51. The average molecular weight is 446 g/mol. The molecule has 0 atom stereocenters. The second kappa shape index (κ2) is 8.41. The highest BCUT2D eigenvalue weighted by atomic mass is 32.1. The van der Waals surface area contributed by atoms with E-state index in [1.54, 1.807) is 0 Å². The molecule has 4 rings (SSSR count). The van der Waals surface area contributed by atoms with Crippen molar-refractivity contribution in [3.8, 4) is 0 Å². The predicted octanol–water partition coefficient (Wildman–Crippen LogP) is 1.84. The van der Waals surface area contributed by atoms with Crippen LogP contribution in [0.15, 0.2) is 11.1 Å². The average Bonchev–Trinajstić information content (AvgIpc) is 3.38. The maximum atomic E-state index is 12.7. The van der Waals surface area contributed by atoms with Gasteiger partial charge in [-0.05, 0) is 38.7 Å². The summed E-state index contributed by atoms with van der Waals surface area (Å²) in [6, 6.07) is -0.334. The molecule has 0 bridgehead atoms. The smallest absolute Gasteiger partial charge is 0.325 e. The van der Waals surface area contributed by atoms with E-state index >= 15 is 0 Å². The molecule has 10 heteroatoms. The van der Waals surface area contributed by atoms with E-state index in [1.165, 1.54) is 27.1 Å². The number of carbonyl (C=O) groups is 3. The summed E-state index contributed by atoms with van der Waals surface area (Å²) in [7, 11) is 0. The third-order valence-corrected chi connectivity index (χ3v) is 7.43. The Kier molecular flexibility index (Phi) is 5.83. The van der Waals surface area contributed by atoms with Crippen molar-refractivity contribution < 1.29 is 14.4 Å². The topological polar surface area (TPSA) is 113 Å². The van der Waals surface area contributed by atoms with Crippen LogP contribution in [0.1, 0.15) is 49.0 Å². The van der Waals surface area contributed by atoms with Gasteiger partial charge in [-0.2, -0.15) is 0 Å². The summed E-state index contributed by atoms with van der Waals surface area (Å²) in [5, 5.41) is 6.27. The third-order valence-electron chi connectivity index (χ3n) is 6.32. The zero-order valence-electron chi connectivity index (χ0n) is 17.8. The van der Waals surface area contributed by atoms with Crippen LogP contribution in [0.5, 0.6) is 0 Å². The highest BCUT2D eigenvalue weighted by molar-refractivity contribution is 7.18. The quantitative estimate of drug-likeness (QED) is 0.499. The number of aryl methyl sites for hydroxylation is 3. The van der Waals surface area contributed by atoms with E-state index in [2.05, 4.69) is 15.6 Å². The molecule has 0 aromatic carbocycles. The Morgan fingerprint density at radius 1 is 1.23 bits per heavy atom. The monoisotopic (exact) mass is 445 g/mol. The minimum absolute atomic E-state index is 0.126. The predicted molar refractivity (Wildman–Crippen MR) is 117 cm³/mol. The number of thiophene rings is 1. The van der Waals surface area contributed by atoms with Crippen LogP contribution < -0.4 is 16.2 Å². The zero-order valence-corrected chi connectivity index (χ0v) is 18.6. The van der Waals surface area contributed by atoms with E-state index < -0.39 is 5.54 Å². The number of nitrogens with zero attached hydrogens (tertiary/aromatic N) is 3. The Bertz CT molecular complexity index is 1100. The summed E-state index contributed by atoms with van der Waals surface area (Å²) in [5.74, 6) is -0.322. The molecule has 1 aliphatic carbocycles. The lowest BCUT2D eigenvalue weighted by atomic mass is 9.98. The first-order valence-electron chi connectivity index (χ1n) is 10.7. The first-order chi connectivity index (χ1) is 14.8. The van der Waals surface area contributed by atoms with Crippen LogP contribution in [0, 0.1) is 13.8 Å². The Hall–Kier alpha value is -2.75. The number of urea groups is 1. The van der Waals surface area contributed by atoms with E-state index in [4.69, 9.17) is 0 Å². The van der Waals surface area contributed by atoms with Gasteiger partial charge in [-0.15, -0.1) is 11.3 Å². The van der Waals surface area contributed by atoms with E-state index in [-0.39, 0.29) is 42.9 Å². The third kappa shape index (κ3) is 3.96. The molecule has 0 radical (unpaired) electrons. The number of fused-ring (bicyclic) bond motifs is 1. The SMILES string of the molecule is Cc1sc2ncn(CCC(=O)NCCCN3C(=O)NC4(CCCC4)C3=O)c(=O)c2c1C. The molecule has 4 amide bonds. The molecule has 1 saturated carbocycles. The number of hydrogen-bond donors (Lipinski definition) is 2. The lowest BCUT2D eigenvalue weighted by Gasteiger charge is -2.20. The minimum Gasteiger partial charge on any atom is -0.356 e. The molecule has 2 aromatic rings. The van der Waals surface area contributed by atoms with E-state index in [0.29, 0.717) is 31.2 Å². The van der Waals surface area contributed by atoms with Crippen molar-refractivity contribution >= 4 is 39.4 Å². The van der Waals surface area contributed by atoms with E-state index in [1.807, 2.05) is 13.8 Å². The Balaban J connectivity index is 1.24. The number of nitrogens with one attached hydrogen (secondary N) is 2. The number of hydrogen-bond acceptors (Lipinski definition) is 6. The maximum Gasteiger partial charge on any atom is 0.325 e. The summed E-state index contributed by atoms with van der Waals surface area (Å²) in [4.78, 5) is 57.0. The fourth-order valence-corrected chi connectivity index (χ4v) is 5.39. The van der Waals surface area contributed by atoms with Crippen molar-refractivity contribution in [1.82, 2.24) is 25.1 Å². The van der Waals surface area contributed by atoms with Gasteiger partial charge in [-0.1, -0.05) is 12.8 Å². The van der Waals surface area contributed by atoms with Gasteiger partial charge in [0.25, 0.3) is 11.5 Å². The summed E-state index contributed by atoms with van der Waals surface area (Å²) in [5.41, 5.74) is 0.123. The summed E-state index contributed by atoms with van der Waals surface area (Å²) in [6.45, 7) is 4.76. The molecule has 1 saturated heterocycles. The fourth-order valence-electron chi connectivity index (χ4n) is 4.40. The summed E-state index contributed by atoms with van der Waals surface area (Å²) < 4.78 is 1.47. The molecule has 1 aliphatic heterocycles. The van der Waals surface area contributed by atoms with Crippen LogP contribution in [0.4, 0.5) is 4.79 Å². The molecule has 9 nitrogen and oxygen atoms in total. The standard InChI is InChI=1S/C21H27N5O4S/c1-13-14(2)31-17-16(13)18(28)25(12-23-17)11-6-15(27)22-9-5-10-26-19(29)21(24-20(26)30)7-3-4-8-21/h12H,3-11H2,1-2H3,(H,22,27)(H,24,30). The number of imide groups is 1. The molecule has 2 aromatic heterocycles. The molecular weight excluding hydrogens is 418 g/mol. The Morgan fingerprint density at radius 2 is 1.97 bits per heavy atom. The van der Waals surface area contributed by atoms with Gasteiger partial charge in [0, 0.05) is 30.9 Å². The maximum absolute atomic E-state index is 12.7. The van der Waals surface area contributed by atoms with Gasteiger partial charge < -0.3 is 10.6 Å². The van der Waals surface area contributed by atoms with Gasteiger partial charge in [0.05, 0.1) is 11.7 Å². The van der Waals surface area contributed by atoms with Crippen molar-refractivity contribution in [3.63, 3.8) is 0 Å². The lowest BCUT2D eigenvalue weighted by Crippen LogP contribution is -2.44. The molecule has 2 fully saturated rings. The van der Waals surface area contributed by atoms with Crippen molar-refractivity contribution in [2.75, 3.05) is 13.1 Å². The largest absolute Gasteiger partial charge is 0.356 e. The molecular formula is C21H27N5O4S. The molecule has 2 N–H and O–H groups in total. The van der Waals surface area contributed by atoms with Crippen molar-refractivity contribution in [2.24, 2.45) is 0 Å². The number of amides is 4. The van der Waals surface area contributed by atoms with Crippen LogP contribution >= 0.6 is 11.3 Å². The van der Waals surface area contributed by atoms with Crippen molar-refractivity contribution in [2.45, 2.75) is 64.5 Å². The van der Waals surface area contributed by atoms with Gasteiger partial charge in [0.2, 0.25) is 5.91 Å². The minimum atomic E-state index is -0.692. The molecule has 3 heterocycles. The first-order valence-corrected chi connectivity index (χ1v) is 11.5. The van der Waals surface area contributed by atoms with Crippen molar-refractivity contribution in [3.05, 3.63) is 27.1 Å². The molecule has 0 unspecified atom stereocenters. The van der Waals surface area contributed by atoms with Crippen molar-refractivity contribution in [1.29, 1.82) is 0 Å². The fraction of sp³-hybridized carbons (Fsp3) is 0.571. The normalized spacial score (nSPS) is 17.7. The molecule has 1 spiro atoms. The molecule has 31 heavy (non-hydrogen) atoms. The summed E-state index contributed by atoms with van der Waals surface area (Å²) >= 11 is 1.50. The highest BCUT2D eigenvalue weighted by Crippen LogP contribution is 2.35. The van der Waals surface area contributed by atoms with Crippen LogP contribution in [0.2, 0.25) is 0 Å². The van der Waals surface area contributed by atoms with Crippen LogP contribution in [0.25, 0.3) is 10.2 Å². The van der Waals surface area contributed by atoms with E-state index in [9.17, 15) is 19.2 Å². The molecule has 2 aliphatic rings. The Morgan fingerprint density at radius 3 is 2.71 bits per heavy atom. The lowest BCUT2D eigenvalue weighted by molar-refractivity contribution is -0.131.